The fourth-order valence-corrected chi connectivity index (χ4v) is 2.82. The lowest BCUT2D eigenvalue weighted by atomic mass is 10.0. The SMILES string of the molecule is CCCNC(C)c1ccccc1N1CC(C)OCC1C. The van der Waals surface area contributed by atoms with Gasteiger partial charge in [0.25, 0.3) is 0 Å². The van der Waals surface area contributed by atoms with E-state index in [4.69, 9.17) is 4.74 Å². The molecule has 20 heavy (non-hydrogen) atoms. The Balaban J connectivity index is 2.22. The van der Waals surface area contributed by atoms with Gasteiger partial charge in [0.2, 0.25) is 0 Å². The highest BCUT2D eigenvalue weighted by molar-refractivity contribution is 5.56. The van der Waals surface area contributed by atoms with Crippen molar-refractivity contribution in [3.63, 3.8) is 0 Å². The molecule has 0 bridgehead atoms. The van der Waals surface area contributed by atoms with Crippen LogP contribution < -0.4 is 10.2 Å². The molecule has 3 atom stereocenters. The minimum atomic E-state index is 0.304. The maximum atomic E-state index is 5.75. The van der Waals surface area contributed by atoms with E-state index in [1.807, 2.05) is 0 Å². The van der Waals surface area contributed by atoms with Gasteiger partial charge in [0, 0.05) is 24.3 Å². The van der Waals surface area contributed by atoms with Crippen molar-refractivity contribution in [2.75, 3.05) is 24.6 Å². The normalized spacial score (nSPS) is 24.7. The van der Waals surface area contributed by atoms with Gasteiger partial charge < -0.3 is 15.0 Å². The summed E-state index contributed by atoms with van der Waals surface area (Å²) in [5.41, 5.74) is 2.74. The quantitative estimate of drug-likeness (QED) is 0.892. The molecule has 0 radical (unpaired) electrons. The molecule has 1 saturated heterocycles. The lowest BCUT2D eigenvalue weighted by Gasteiger charge is -2.40. The van der Waals surface area contributed by atoms with E-state index in [-0.39, 0.29) is 0 Å². The lowest BCUT2D eigenvalue weighted by Crippen LogP contribution is -2.48. The van der Waals surface area contributed by atoms with E-state index in [0.717, 1.165) is 26.1 Å². The van der Waals surface area contributed by atoms with Gasteiger partial charge in [-0.25, -0.2) is 0 Å². The first kappa shape index (κ1) is 15.3. The second kappa shape index (κ2) is 7.09. The standard InChI is InChI=1S/C17H28N2O/c1-5-10-18-15(4)16-8-6-7-9-17(16)19-11-14(3)20-12-13(19)2/h6-9,13-15,18H,5,10-12H2,1-4H3. The molecule has 1 N–H and O–H groups in total. The predicted octanol–water partition coefficient (Wildman–Crippen LogP) is 3.36. The molecule has 0 aliphatic carbocycles. The van der Waals surface area contributed by atoms with E-state index in [2.05, 4.69) is 62.2 Å². The molecular formula is C17H28N2O. The van der Waals surface area contributed by atoms with Gasteiger partial charge in [0.05, 0.1) is 12.7 Å². The van der Waals surface area contributed by atoms with E-state index >= 15 is 0 Å². The first-order valence-corrected chi connectivity index (χ1v) is 7.84. The van der Waals surface area contributed by atoms with Gasteiger partial charge >= 0.3 is 0 Å². The molecule has 1 aromatic carbocycles. The highest BCUT2D eigenvalue weighted by Gasteiger charge is 2.26. The smallest absolute Gasteiger partial charge is 0.0723 e. The Kier molecular flexibility index (Phi) is 5.44. The Hall–Kier alpha value is -1.06. The topological polar surface area (TPSA) is 24.5 Å². The molecule has 3 nitrogen and oxygen atoms in total. The number of hydrogen-bond donors (Lipinski definition) is 1. The van der Waals surface area contributed by atoms with Crippen molar-refractivity contribution in [2.45, 2.75) is 52.3 Å². The van der Waals surface area contributed by atoms with Crippen LogP contribution in [0.15, 0.2) is 24.3 Å². The molecular weight excluding hydrogens is 248 g/mol. The van der Waals surface area contributed by atoms with Crippen molar-refractivity contribution in [3.8, 4) is 0 Å². The third kappa shape index (κ3) is 3.53. The summed E-state index contributed by atoms with van der Waals surface area (Å²) in [6.45, 7) is 11.7. The van der Waals surface area contributed by atoms with Crippen molar-refractivity contribution in [3.05, 3.63) is 29.8 Å². The van der Waals surface area contributed by atoms with Crippen molar-refractivity contribution < 1.29 is 4.74 Å². The van der Waals surface area contributed by atoms with Gasteiger partial charge in [-0.3, -0.25) is 0 Å². The summed E-state index contributed by atoms with van der Waals surface area (Å²) in [6.07, 6.45) is 1.47. The summed E-state index contributed by atoms with van der Waals surface area (Å²) in [7, 11) is 0. The van der Waals surface area contributed by atoms with Crippen LogP contribution >= 0.6 is 0 Å². The van der Waals surface area contributed by atoms with Crippen LogP contribution in [0.3, 0.4) is 0 Å². The second-order valence-corrected chi connectivity index (χ2v) is 5.88. The number of rotatable bonds is 5. The Morgan fingerprint density at radius 3 is 2.85 bits per heavy atom. The van der Waals surface area contributed by atoms with Gasteiger partial charge in [-0.2, -0.15) is 0 Å². The van der Waals surface area contributed by atoms with Gasteiger partial charge in [-0.1, -0.05) is 25.1 Å². The molecule has 0 saturated carbocycles. The third-order valence-electron chi connectivity index (χ3n) is 4.02. The summed E-state index contributed by atoms with van der Waals surface area (Å²) in [6, 6.07) is 9.58. The minimum absolute atomic E-state index is 0.304. The van der Waals surface area contributed by atoms with E-state index < -0.39 is 0 Å². The molecule has 1 aromatic rings. The highest BCUT2D eigenvalue weighted by atomic mass is 16.5. The molecule has 0 aromatic heterocycles. The molecule has 1 fully saturated rings. The molecule has 2 rings (SSSR count). The number of nitrogens with zero attached hydrogens (tertiary/aromatic N) is 1. The van der Waals surface area contributed by atoms with Crippen LogP contribution in [0.5, 0.6) is 0 Å². The third-order valence-corrected chi connectivity index (χ3v) is 4.02. The van der Waals surface area contributed by atoms with Gasteiger partial charge in [-0.05, 0) is 45.4 Å². The summed E-state index contributed by atoms with van der Waals surface area (Å²) < 4.78 is 5.75. The van der Waals surface area contributed by atoms with Gasteiger partial charge in [0.15, 0.2) is 0 Å². The van der Waals surface area contributed by atoms with E-state index in [1.165, 1.54) is 11.3 Å². The van der Waals surface area contributed by atoms with Crippen LogP contribution in [-0.4, -0.2) is 31.8 Å². The molecule has 1 heterocycles. The molecule has 0 spiro atoms. The van der Waals surface area contributed by atoms with Crippen LogP contribution in [-0.2, 0) is 4.74 Å². The van der Waals surface area contributed by atoms with E-state index in [0.29, 0.717) is 18.2 Å². The number of benzene rings is 1. The van der Waals surface area contributed by atoms with Gasteiger partial charge in [-0.15, -0.1) is 0 Å². The number of nitrogens with one attached hydrogen (secondary N) is 1. The fourth-order valence-electron chi connectivity index (χ4n) is 2.82. The zero-order valence-electron chi connectivity index (χ0n) is 13.2. The Labute approximate surface area is 123 Å². The van der Waals surface area contributed by atoms with Crippen LogP contribution in [0.4, 0.5) is 5.69 Å². The van der Waals surface area contributed by atoms with Crippen molar-refractivity contribution in [1.82, 2.24) is 5.32 Å². The highest BCUT2D eigenvalue weighted by Crippen LogP contribution is 2.29. The van der Waals surface area contributed by atoms with Crippen molar-refractivity contribution >= 4 is 5.69 Å². The zero-order chi connectivity index (χ0) is 14.5. The molecule has 3 heteroatoms. The number of para-hydroxylation sites is 1. The first-order chi connectivity index (χ1) is 9.63. The van der Waals surface area contributed by atoms with Crippen LogP contribution in [0.25, 0.3) is 0 Å². The Morgan fingerprint density at radius 1 is 1.35 bits per heavy atom. The van der Waals surface area contributed by atoms with E-state index in [9.17, 15) is 0 Å². The maximum Gasteiger partial charge on any atom is 0.0723 e. The lowest BCUT2D eigenvalue weighted by molar-refractivity contribution is 0.0343. The number of morpholine rings is 1. The summed E-state index contributed by atoms with van der Waals surface area (Å²) >= 11 is 0. The van der Waals surface area contributed by atoms with Crippen LogP contribution in [0.2, 0.25) is 0 Å². The average Bonchev–Trinajstić information content (AvgIpc) is 2.47. The molecule has 112 valence electrons. The predicted molar refractivity (Wildman–Crippen MR) is 85.4 cm³/mol. The van der Waals surface area contributed by atoms with Crippen molar-refractivity contribution in [2.24, 2.45) is 0 Å². The molecule has 3 unspecified atom stereocenters. The monoisotopic (exact) mass is 276 g/mol. The molecule has 0 amide bonds. The number of anilines is 1. The number of ether oxygens (including phenoxy) is 1. The van der Waals surface area contributed by atoms with E-state index in [1.54, 1.807) is 0 Å². The largest absolute Gasteiger partial charge is 0.375 e. The average molecular weight is 276 g/mol. The number of hydrogen-bond acceptors (Lipinski definition) is 3. The van der Waals surface area contributed by atoms with Crippen LogP contribution in [0.1, 0.15) is 45.7 Å². The van der Waals surface area contributed by atoms with Crippen LogP contribution in [0, 0.1) is 0 Å². The van der Waals surface area contributed by atoms with Gasteiger partial charge in [0.1, 0.15) is 0 Å². The van der Waals surface area contributed by atoms with Crippen molar-refractivity contribution in [1.29, 1.82) is 0 Å². The second-order valence-electron chi connectivity index (χ2n) is 5.88. The summed E-state index contributed by atoms with van der Waals surface area (Å²) in [4.78, 5) is 2.49. The summed E-state index contributed by atoms with van der Waals surface area (Å²) in [5.74, 6) is 0. The Morgan fingerprint density at radius 2 is 2.10 bits per heavy atom. The molecule has 1 aliphatic heterocycles. The maximum absolute atomic E-state index is 5.75. The zero-order valence-corrected chi connectivity index (χ0v) is 13.2. The first-order valence-electron chi connectivity index (χ1n) is 7.84. The fraction of sp³-hybridized carbons (Fsp3) is 0.647. The minimum Gasteiger partial charge on any atom is -0.375 e. The summed E-state index contributed by atoms with van der Waals surface area (Å²) in [5, 5.41) is 3.60. The molecule has 1 aliphatic rings. The Bertz CT molecular complexity index is 421.